The van der Waals surface area contributed by atoms with Gasteiger partial charge in [0.1, 0.15) is 0 Å². The summed E-state index contributed by atoms with van der Waals surface area (Å²) >= 11 is 0. The zero-order chi connectivity index (χ0) is 12.3. The minimum absolute atomic E-state index is 0.100. The Morgan fingerprint density at radius 3 is 2.47 bits per heavy atom. The molecule has 0 atom stereocenters. The second-order valence-corrected chi connectivity index (χ2v) is 5.26. The van der Waals surface area contributed by atoms with Crippen LogP contribution in [0.15, 0.2) is 47.6 Å². The second-order valence-electron chi connectivity index (χ2n) is 3.43. The lowest BCUT2D eigenvalue weighted by Gasteiger charge is -2.21. The van der Waals surface area contributed by atoms with Gasteiger partial charge in [-0.2, -0.15) is 13.5 Å². The van der Waals surface area contributed by atoms with Crippen molar-refractivity contribution in [3.05, 3.63) is 42.6 Å². The summed E-state index contributed by atoms with van der Waals surface area (Å²) in [4.78, 5) is 0. The predicted molar refractivity (Wildman–Crippen MR) is 65.2 cm³/mol. The maximum atomic E-state index is 12.3. The van der Waals surface area contributed by atoms with Crippen LogP contribution in [-0.4, -0.2) is 25.2 Å². The summed E-state index contributed by atoms with van der Waals surface area (Å²) in [5.74, 6) is 0. The van der Waals surface area contributed by atoms with Crippen molar-refractivity contribution in [2.24, 2.45) is 0 Å². The molecule has 0 aliphatic heterocycles. The molecular formula is C11H13N3O2S. The molecule has 1 aromatic heterocycles. The van der Waals surface area contributed by atoms with Gasteiger partial charge in [-0.15, -0.1) is 0 Å². The zero-order valence-electron chi connectivity index (χ0n) is 9.37. The van der Waals surface area contributed by atoms with Gasteiger partial charge in [-0.05, 0) is 25.1 Å². The number of rotatable bonds is 4. The first-order valence-electron chi connectivity index (χ1n) is 5.23. The number of aromatic nitrogens is 2. The first kappa shape index (κ1) is 11.7. The highest BCUT2D eigenvalue weighted by Gasteiger charge is 2.24. The lowest BCUT2D eigenvalue weighted by atomic mass is 10.3. The van der Waals surface area contributed by atoms with Crippen LogP contribution in [0.2, 0.25) is 0 Å². The van der Waals surface area contributed by atoms with Gasteiger partial charge in [-0.3, -0.25) is 9.40 Å². The lowest BCUT2D eigenvalue weighted by Crippen LogP contribution is -2.30. The third-order valence-corrected chi connectivity index (χ3v) is 4.21. The van der Waals surface area contributed by atoms with Crippen LogP contribution in [0.5, 0.6) is 0 Å². The highest BCUT2D eigenvalue weighted by molar-refractivity contribution is 7.92. The van der Waals surface area contributed by atoms with E-state index >= 15 is 0 Å². The van der Waals surface area contributed by atoms with Gasteiger partial charge in [-0.1, -0.05) is 18.2 Å². The van der Waals surface area contributed by atoms with Crippen LogP contribution in [-0.2, 0) is 10.0 Å². The number of nitrogens with one attached hydrogen (secondary N) is 1. The summed E-state index contributed by atoms with van der Waals surface area (Å²) in [6, 6.07) is 10.4. The number of para-hydroxylation sites is 1. The molecule has 0 aliphatic carbocycles. The highest BCUT2D eigenvalue weighted by atomic mass is 32.2. The van der Waals surface area contributed by atoms with E-state index in [9.17, 15) is 8.42 Å². The minimum Gasteiger partial charge on any atom is -0.266 e. The summed E-state index contributed by atoms with van der Waals surface area (Å²) < 4.78 is 25.9. The molecule has 6 heteroatoms. The van der Waals surface area contributed by atoms with E-state index < -0.39 is 10.0 Å². The number of sulfonamides is 1. The van der Waals surface area contributed by atoms with Crippen molar-refractivity contribution < 1.29 is 8.42 Å². The van der Waals surface area contributed by atoms with Crippen LogP contribution in [0.4, 0.5) is 5.69 Å². The van der Waals surface area contributed by atoms with E-state index in [4.69, 9.17) is 0 Å². The molecule has 1 heterocycles. The average molecular weight is 251 g/mol. The molecule has 0 unspecified atom stereocenters. The molecule has 1 aromatic carbocycles. The van der Waals surface area contributed by atoms with E-state index in [1.807, 2.05) is 6.07 Å². The number of hydrogen-bond donors (Lipinski definition) is 1. The molecule has 2 aromatic rings. The Morgan fingerprint density at radius 2 is 1.94 bits per heavy atom. The number of benzene rings is 1. The summed E-state index contributed by atoms with van der Waals surface area (Å²) in [5.41, 5.74) is 0.643. The van der Waals surface area contributed by atoms with E-state index in [2.05, 4.69) is 10.2 Å². The van der Waals surface area contributed by atoms with E-state index in [-0.39, 0.29) is 5.03 Å². The first-order chi connectivity index (χ1) is 8.16. The maximum absolute atomic E-state index is 12.3. The van der Waals surface area contributed by atoms with Crippen molar-refractivity contribution in [1.82, 2.24) is 10.2 Å². The fourth-order valence-electron chi connectivity index (χ4n) is 1.59. The van der Waals surface area contributed by atoms with Gasteiger partial charge < -0.3 is 0 Å². The molecule has 0 saturated carbocycles. The minimum atomic E-state index is -3.55. The second kappa shape index (κ2) is 4.58. The summed E-state index contributed by atoms with van der Waals surface area (Å²) in [7, 11) is -3.55. The number of anilines is 1. The number of nitrogens with zero attached hydrogens (tertiary/aromatic N) is 2. The number of hydrogen-bond acceptors (Lipinski definition) is 3. The average Bonchev–Trinajstić information content (AvgIpc) is 2.85. The van der Waals surface area contributed by atoms with Gasteiger partial charge in [0.25, 0.3) is 10.0 Å². The molecule has 0 saturated heterocycles. The number of aromatic amines is 1. The molecule has 0 fully saturated rings. The van der Waals surface area contributed by atoms with Gasteiger partial charge in [0.2, 0.25) is 0 Å². The quantitative estimate of drug-likeness (QED) is 0.898. The smallest absolute Gasteiger partial charge is 0.266 e. The standard InChI is InChI=1S/C11H13N3O2S/c1-2-14(10-6-4-3-5-7-10)17(15,16)11-8-9-12-13-11/h3-9H,2H2,1H3,(H,12,13). The van der Waals surface area contributed by atoms with Crippen molar-refractivity contribution in [2.45, 2.75) is 11.9 Å². The van der Waals surface area contributed by atoms with Crippen LogP contribution in [0.3, 0.4) is 0 Å². The summed E-state index contributed by atoms with van der Waals surface area (Å²) in [6.07, 6.45) is 1.42. The third kappa shape index (κ3) is 2.16. The van der Waals surface area contributed by atoms with E-state index in [1.54, 1.807) is 31.2 Å². The zero-order valence-corrected chi connectivity index (χ0v) is 10.2. The molecule has 0 bridgehead atoms. The summed E-state index contributed by atoms with van der Waals surface area (Å²) in [6.45, 7) is 2.16. The van der Waals surface area contributed by atoms with Gasteiger partial charge in [0, 0.05) is 6.54 Å². The first-order valence-corrected chi connectivity index (χ1v) is 6.67. The van der Waals surface area contributed by atoms with Crippen LogP contribution in [0, 0.1) is 0 Å². The van der Waals surface area contributed by atoms with Gasteiger partial charge in [0.05, 0.1) is 11.9 Å². The van der Waals surface area contributed by atoms with Crippen LogP contribution >= 0.6 is 0 Å². The third-order valence-electron chi connectivity index (χ3n) is 2.37. The topological polar surface area (TPSA) is 66.1 Å². The molecule has 17 heavy (non-hydrogen) atoms. The van der Waals surface area contributed by atoms with Gasteiger partial charge in [0.15, 0.2) is 5.03 Å². The van der Waals surface area contributed by atoms with Crippen molar-refractivity contribution >= 4 is 15.7 Å². The Balaban J connectivity index is 2.44. The van der Waals surface area contributed by atoms with Gasteiger partial charge >= 0.3 is 0 Å². The Hall–Kier alpha value is -1.82. The van der Waals surface area contributed by atoms with E-state index in [1.165, 1.54) is 16.6 Å². The Labute approximate surface area is 100 Å². The molecular weight excluding hydrogens is 238 g/mol. The SMILES string of the molecule is CCN(c1ccccc1)S(=O)(=O)c1ccn[nH]1. The molecule has 5 nitrogen and oxygen atoms in total. The predicted octanol–water partition coefficient (Wildman–Crippen LogP) is 1.62. The Morgan fingerprint density at radius 1 is 1.24 bits per heavy atom. The van der Waals surface area contributed by atoms with Crippen molar-refractivity contribution in [2.75, 3.05) is 10.8 Å². The summed E-state index contributed by atoms with van der Waals surface area (Å²) in [5, 5.41) is 6.25. The molecule has 0 aliphatic rings. The van der Waals surface area contributed by atoms with Crippen LogP contribution < -0.4 is 4.31 Å². The fourth-order valence-corrected chi connectivity index (χ4v) is 2.97. The largest absolute Gasteiger partial charge is 0.281 e. The highest BCUT2D eigenvalue weighted by Crippen LogP contribution is 2.21. The lowest BCUT2D eigenvalue weighted by molar-refractivity contribution is 0.587. The Kier molecular flexibility index (Phi) is 3.14. The monoisotopic (exact) mass is 251 g/mol. The molecule has 0 radical (unpaired) electrons. The molecule has 2 rings (SSSR count). The molecule has 90 valence electrons. The normalized spacial score (nSPS) is 11.4. The fraction of sp³-hybridized carbons (Fsp3) is 0.182. The van der Waals surface area contributed by atoms with Crippen molar-refractivity contribution in [1.29, 1.82) is 0 Å². The van der Waals surface area contributed by atoms with Crippen LogP contribution in [0.1, 0.15) is 6.92 Å². The van der Waals surface area contributed by atoms with Crippen LogP contribution in [0.25, 0.3) is 0 Å². The molecule has 1 N–H and O–H groups in total. The molecule has 0 amide bonds. The van der Waals surface area contributed by atoms with E-state index in [0.717, 1.165) is 0 Å². The van der Waals surface area contributed by atoms with Crippen molar-refractivity contribution in [3.8, 4) is 0 Å². The van der Waals surface area contributed by atoms with Crippen molar-refractivity contribution in [3.63, 3.8) is 0 Å². The Bertz CT molecular complexity index is 564. The van der Waals surface area contributed by atoms with E-state index in [0.29, 0.717) is 12.2 Å². The maximum Gasteiger partial charge on any atom is 0.281 e. The number of H-pyrrole nitrogens is 1. The van der Waals surface area contributed by atoms with Gasteiger partial charge in [-0.25, -0.2) is 0 Å². The molecule has 0 spiro atoms.